The molecule has 24 heavy (non-hydrogen) atoms. The van der Waals surface area contributed by atoms with Gasteiger partial charge in [0.2, 0.25) is 0 Å². The highest BCUT2D eigenvalue weighted by Crippen LogP contribution is 2.18. The van der Waals surface area contributed by atoms with E-state index in [9.17, 15) is 10.1 Å². The molecule has 0 saturated heterocycles. The molecular formula is C21H22N2O. The standard InChI is InChI=1S/C21H22N2O/c1-14(2)18-8-6-17(7-9-18)12-19(13-22)21(24)23-20-10-5-15(3)16(4)11-20/h5-12,14H,1-4H3,(H,23,24)/b19-12+. The first kappa shape index (κ1) is 17.5. The number of anilines is 1. The zero-order valence-electron chi connectivity index (χ0n) is 14.6. The fourth-order valence-electron chi connectivity index (χ4n) is 2.31. The van der Waals surface area contributed by atoms with E-state index in [1.807, 2.05) is 62.4 Å². The molecule has 2 aromatic rings. The van der Waals surface area contributed by atoms with Crippen LogP contribution in [0.3, 0.4) is 0 Å². The summed E-state index contributed by atoms with van der Waals surface area (Å²) in [5.74, 6) is 0.0558. The average Bonchev–Trinajstić information content (AvgIpc) is 2.56. The van der Waals surface area contributed by atoms with Crippen LogP contribution in [-0.2, 0) is 4.79 Å². The Morgan fingerprint density at radius 1 is 1.08 bits per heavy atom. The predicted molar refractivity (Wildman–Crippen MR) is 98.7 cm³/mol. The molecule has 0 saturated carbocycles. The molecular weight excluding hydrogens is 296 g/mol. The number of carbonyl (C=O) groups is 1. The summed E-state index contributed by atoms with van der Waals surface area (Å²) in [6, 6.07) is 15.6. The predicted octanol–water partition coefficient (Wildman–Crippen LogP) is 4.97. The summed E-state index contributed by atoms with van der Waals surface area (Å²) >= 11 is 0. The molecule has 3 nitrogen and oxygen atoms in total. The highest BCUT2D eigenvalue weighted by Gasteiger charge is 2.10. The van der Waals surface area contributed by atoms with Gasteiger partial charge in [-0.2, -0.15) is 5.26 Å². The summed E-state index contributed by atoms with van der Waals surface area (Å²) in [6.45, 7) is 8.26. The number of hydrogen-bond donors (Lipinski definition) is 1. The van der Waals surface area contributed by atoms with Crippen molar-refractivity contribution in [1.82, 2.24) is 0 Å². The molecule has 0 aliphatic rings. The molecule has 0 heterocycles. The van der Waals surface area contributed by atoms with Crippen LogP contribution in [0.25, 0.3) is 6.08 Å². The maximum atomic E-state index is 12.3. The van der Waals surface area contributed by atoms with E-state index in [2.05, 4.69) is 19.2 Å². The number of nitrogens with one attached hydrogen (secondary N) is 1. The van der Waals surface area contributed by atoms with Gasteiger partial charge < -0.3 is 5.32 Å². The summed E-state index contributed by atoms with van der Waals surface area (Å²) in [6.07, 6.45) is 1.61. The van der Waals surface area contributed by atoms with Crippen molar-refractivity contribution in [2.75, 3.05) is 5.32 Å². The summed E-state index contributed by atoms with van der Waals surface area (Å²) in [7, 11) is 0. The fourth-order valence-corrected chi connectivity index (χ4v) is 2.31. The Kier molecular flexibility index (Phi) is 5.55. The third-order valence-electron chi connectivity index (χ3n) is 4.04. The van der Waals surface area contributed by atoms with Crippen molar-refractivity contribution in [2.45, 2.75) is 33.6 Å². The van der Waals surface area contributed by atoms with Crippen LogP contribution in [0.5, 0.6) is 0 Å². The van der Waals surface area contributed by atoms with Gasteiger partial charge in [-0.1, -0.05) is 44.2 Å². The molecule has 0 aromatic heterocycles. The van der Waals surface area contributed by atoms with E-state index in [0.29, 0.717) is 11.6 Å². The van der Waals surface area contributed by atoms with E-state index in [4.69, 9.17) is 0 Å². The molecule has 122 valence electrons. The van der Waals surface area contributed by atoms with Crippen molar-refractivity contribution in [1.29, 1.82) is 5.26 Å². The molecule has 1 N–H and O–H groups in total. The van der Waals surface area contributed by atoms with Gasteiger partial charge in [0.25, 0.3) is 5.91 Å². The molecule has 0 spiro atoms. The lowest BCUT2D eigenvalue weighted by atomic mass is 10.0. The average molecular weight is 318 g/mol. The number of rotatable bonds is 4. The first-order chi connectivity index (χ1) is 11.4. The van der Waals surface area contributed by atoms with Crippen LogP contribution in [0.1, 0.15) is 42.0 Å². The minimum atomic E-state index is -0.395. The minimum absolute atomic E-state index is 0.0884. The maximum absolute atomic E-state index is 12.3. The van der Waals surface area contributed by atoms with E-state index in [-0.39, 0.29) is 5.57 Å². The van der Waals surface area contributed by atoms with Crippen LogP contribution in [0, 0.1) is 25.2 Å². The quantitative estimate of drug-likeness (QED) is 0.639. The Balaban J connectivity index is 2.18. The molecule has 0 aliphatic heterocycles. The molecule has 2 rings (SSSR count). The third-order valence-corrected chi connectivity index (χ3v) is 4.04. The van der Waals surface area contributed by atoms with E-state index in [1.54, 1.807) is 6.08 Å². The Morgan fingerprint density at radius 3 is 2.29 bits per heavy atom. The van der Waals surface area contributed by atoms with Crippen LogP contribution < -0.4 is 5.32 Å². The van der Waals surface area contributed by atoms with Gasteiger partial charge >= 0.3 is 0 Å². The number of nitriles is 1. The van der Waals surface area contributed by atoms with Gasteiger partial charge in [0.05, 0.1) is 0 Å². The van der Waals surface area contributed by atoms with Crippen molar-refractivity contribution < 1.29 is 4.79 Å². The minimum Gasteiger partial charge on any atom is -0.321 e. The van der Waals surface area contributed by atoms with Crippen LogP contribution in [-0.4, -0.2) is 5.91 Å². The van der Waals surface area contributed by atoms with Crippen molar-refractivity contribution in [3.05, 3.63) is 70.3 Å². The van der Waals surface area contributed by atoms with Gasteiger partial charge in [-0.3, -0.25) is 4.79 Å². The lowest BCUT2D eigenvalue weighted by Crippen LogP contribution is -2.13. The molecule has 0 radical (unpaired) electrons. The zero-order chi connectivity index (χ0) is 17.7. The highest BCUT2D eigenvalue weighted by atomic mass is 16.1. The Labute approximate surface area is 143 Å². The Morgan fingerprint density at radius 2 is 1.75 bits per heavy atom. The van der Waals surface area contributed by atoms with Crippen molar-refractivity contribution >= 4 is 17.7 Å². The summed E-state index contributed by atoms with van der Waals surface area (Å²) in [5, 5.41) is 12.1. The van der Waals surface area contributed by atoms with Gasteiger partial charge in [0.15, 0.2) is 0 Å². The number of nitrogens with zero attached hydrogens (tertiary/aromatic N) is 1. The van der Waals surface area contributed by atoms with Gasteiger partial charge in [-0.05, 0) is 60.2 Å². The lowest BCUT2D eigenvalue weighted by molar-refractivity contribution is -0.112. The number of carbonyl (C=O) groups excluding carboxylic acids is 1. The molecule has 3 heteroatoms. The molecule has 0 unspecified atom stereocenters. The van der Waals surface area contributed by atoms with Gasteiger partial charge in [-0.25, -0.2) is 0 Å². The Hall–Kier alpha value is -2.86. The van der Waals surface area contributed by atoms with E-state index in [1.165, 1.54) is 5.56 Å². The molecule has 1 amide bonds. The molecule has 0 fully saturated rings. The fraction of sp³-hybridized carbons (Fsp3) is 0.238. The number of amides is 1. The third kappa shape index (κ3) is 4.33. The van der Waals surface area contributed by atoms with Crippen molar-refractivity contribution in [2.24, 2.45) is 0 Å². The number of hydrogen-bond acceptors (Lipinski definition) is 2. The van der Waals surface area contributed by atoms with Crippen LogP contribution in [0.2, 0.25) is 0 Å². The summed E-state index contributed by atoms with van der Waals surface area (Å²) in [4.78, 5) is 12.3. The van der Waals surface area contributed by atoms with Gasteiger partial charge in [0.1, 0.15) is 11.6 Å². The van der Waals surface area contributed by atoms with Gasteiger partial charge in [-0.15, -0.1) is 0 Å². The highest BCUT2D eigenvalue weighted by molar-refractivity contribution is 6.09. The van der Waals surface area contributed by atoms with Crippen LogP contribution in [0.15, 0.2) is 48.0 Å². The zero-order valence-corrected chi connectivity index (χ0v) is 14.6. The number of aryl methyl sites for hydroxylation is 2. The van der Waals surface area contributed by atoms with Crippen LogP contribution >= 0.6 is 0 Å². The first-order valence-corrected chi connectivity index (χ1v) is 8.01. The van der Waals surface area contributed by atoms with Crippen molar-refractivity contribution in [3.63, 3.8) is 0 Å². The monoisotopic (exact) mass is 318 g/mol. The second kappa shape index (κ2) is 7.61. The number of benzene rings is 2. The second-order valence-corrected chi connectivity index (χ2v) is 6.24. The van der Waals surface area contributed by atoms with Gasteiger partial charge in [0, 0.05) is 5.69 Å². The molecule has 0 bridgehead atoms. The molecule has 0 atom stereocenters. The maximum Gasteiger partial charge on any atom is 0.266 e. The SMILES string of the molecule is Cc1ccc(NC(=O)/C(C#N)=C/c2ccc(C(C)C)cc2)cc1C. The second-order valence-electron chi connectivity index (χ2n) is 6.24. The summed E-state index contributed by atoms with van der Waals surface area (Å²) in [5.41, 5.74) is 5.11. The largest absolute Gasteiger partial charge is 0.321 e. The topological polar surface area (TPSA) is 52.9 Å². The summed E-state index contributed by atoms with van der Waals surface area (Å²) < 4.78 is 0. The van der Waals surface area contributed by atoms with E-state index < -0.39 is 5.91 Å². The molecule has 0 aliphatic carbocycles. The smallest absolute Gasteiger partial charge is 0.266 e. The van der Waals surface area contributed by atoms with Crippen molar-refractivity contribution in [3.8, 4) is 6.07 Å². The van der Waals surface area contributed by atoms with E-state index in [0.717, 1.165) is 16.7 Å². The molecule has 2 aromatic carbocycles. The first-order valence-electron chi connectivity index (χ1n) is 8.01. The van der Waals surface area contributed by atoms with Crippen LogP contribution in [0.4, 0.5) is 5.69 Å². The Bertz CT molecular complexity index is 809. The van der Waals surface area contributed by atoms with E-state index >= 15 is 0 Å². The lowest BCUT2D eigenvalue weighted by Gasteiger charge is -2.08. The normalized spacial score (nSPS) is 11.2.